The van der Waals surface area contributed by atoms with Gasteiger partial charge in [0.05, 0.1) is 0 Å². The van der Waals surface area contributed by atoms with E-state index in [4.69, 9.17) is 9.97 Å². The molecule has 2 aliphatic carbocycles. The van der Waals surface area contributed by atoms with Crippen molar-refractivity contribution in [1.29, 1.82) is 0 Å². The molecule has 0 unspecified atom stereocenters. The Kier molecular flexibility index (Phi) is 5.35. The average Bonchev–Trinajstić information content (AvgIpc) is 2.87. The minimum Gasteiger partial charge on any atom is -0.508 e. The molecule has 0 radical (unpaired) electrons. The quantitative estimate of drug-likeness (QED) is 0.547. The molecule has 2 atom stereocenters. The van der Waals surface area contributed by atoms with Gasteiger partial charge >= 0.3 is 0 Å². The summed E-state index contributed by atoms with van der Waals surface area (Å²) >= 11 is 0. The first kappa shape index (κ1) is 21.3. The Labute approximate surface area is 200 Å². The van der Waals surface area contributed by atoms with Gasteiger partial charge in [-0.1, -0.05) is 36.4 Å². The van der Waals surface area contributed by atoms with Gasteiger partial charge < -0.3 is 14.8 Å². The molecule has 2 aromatic carbocycles. The van der Waals surface area contributed by atoms with Crippen LogP contribution in [0.4, 0.5) is 5.95 Å². The summed E-state index contributed by atoms with van der Waals surface area (Å²) in [6.45, 7) is 1.92. The number of hydrogen-bond donors (Lipinski definition) is 1. The maximum atomic E-state index is 11.0. The number of aromatic hydroxyl groups is 1. The second kappa shape index (κ2) is 8.53. The Balaban J connectivity index is 1.26. The number of carbonyl (C=O) groups is 1. The summed E-state index contributed by atoms with van der Waals surface area (Å²) < 4.78 is 0. The number of aryl methyl sites for hydroxylation is 1. The summed E-state index contributed by atoms with van der Waals surface area (Å²) in [6, 6.07) is 16.5. The number of hydrogen-bond acceptors (Lipinski definition) is 5. The van der Waals surface area contributed by atoms with Crippen molar-refractivity contribution in [2.75, 3.05) is 18.0 Å². The highest BCUT2D eigenvalue weighted by molar-refractivity contribution is 5.56. The molecule has 1 saturated heterocycles. The lowest BCUT2D eigenvalue weighted by atomic mass is 9.58. The van der Waals surface area contributed by atoms with Crippen LogP contribution in [0.1, 0.15) is 66.2 Å². The van der Waals surface area contributed by atoms with Crippen molar-refractivity contribution in [3.63, 3.8) is 0 Å². The van der Waals surface area contributed by atoms with E-state index >= 15 is 0 Å². The Hall–Kier alpha value is -3.21. The third kappa shape index (κ3) is 3.77. The van der Waals surface area contributed by atoms with E-state index < -0.39 is 0 Å². The Morgan fingerprint density at radius 3 is 2.41 bits per heavy atom. The van der Waals surface area contributed by atoms with Crippen LogP contribution in [0, 0.1) is 11.3 Å². The minimum absolute atomic E-state index is 0.167. The number of anilines is 1. The van der Waals surface area contributed by atoms with Gasteiger partial charge in [-0.05, 0) is 84.2 Å². The second-order valence-corrected chi connectivity index (χ2v) is 10.5. The zero-order valence-electron chi connectivity index (χ0n) is 19.4. The number of fused-ring (bicyclic) bond motifs is 1. The van der Waals surface area contributed by atoms with Crippen LogP contribution in [-0.4, -0.2) is 34.5 Å². The first-order valence-corrected chi connectivity index (χ1v) is 12.5. The van der Waals surface area contributed by atoms with Crippen LogP contribution in [0.25, 0.3) is 0 Å². The molecule has 3 aromatic rings. The smallest absolute Gasteiger partial charge is 0.225 e. The summed E-state index contributed by atoms with van der Waals surface area (Å²) in [5, 5.41) is 10.0. The number of rotatable bonds is 4. The topological polar surface area (TPSA) is 66.3 Å². The number of aromatic nitrogens is 2. The van der Waals surface area contributed by atoms with E-state index in [1.165, 1.54) is 16.7 Å². The molecule has 5 nitrogen and oxygen atoms in total. The van der Waals surface area contributed by atoms with E-state index in [1.54, 1.807) is 6.07 Å². The molecule has 2 heterocycles. The summed E-state index contributed by atoms with van der Waals surface area (Å²) in [5.74, 6) is 1.94. The lowest BCUT2D eigenvalue weighted by Gasteiger charge is -2.50. The van der Waals surface area contributed by atoms with Gasteiger partial charge in [0.1, 0.15) is 12.0 Å². The number of phenols is 1. The molecule has 6 rings (SSSR count). The third-order valence-corrected chi connectivity index (χ3v) is 8.52. The zero-order chi connectivity index (χ0) is 23.1. The van der Waals surface area contributed by atoms with Crippen molar-refractivity contribution in [1.82, 2.24) is 9.97 Å². The summed E-state index contributed by atoms with van der Waals surface area (Å²) in [4.78, 5) is 23.0. The van der Waals surface area contributed by atoms with Crippen LogP contribution in [0.15, 0.2) is 60.9 Å². The fourth-order valence-corrected chi connectivity index (χ4v) is 6.67. The molecule has 1 N–H and O–H groups in total. The standard InChI is InChI=1S/C29H31N3O2/c33-19-20-15-29(16-20)10-12-32(13-11-29)28-30-17-23(18-31-28)27-25(21-4-2-1-3-5-21)8-6-22-14-24(34)7-9-26(22)27/h1-5,7,9,14,17-20,25,27,34H,6,8,10-13,15-16H2/t25-,27+/m1/s1. The molecule has 0 bridgehead atoms. The van der Waals surface area contributed by atoms with Crippen LogP contribution >= 0.6 is 0 Å². The fraction of sp³-hybridized carbons (Fsp3) is 0.414. The maximum absolute atomic E-state index is 11.0. The molecule has 2 fully saturated rings. The number of aldehydes is 1. The van der Waals surface area contributed by atoms with Crippen LogP contribution < -0.4 is 4.90 Å². The highest BCUT2D eigenvalue weighted by Crippen LogP contribution is 2.52. The van der Waals surface area contributed by atoms with Crippen molar-refractivity contribution in [2.24, 2.45) is 11.3 Å². The van der Waals surface area contributed by atoms with E-state index in [1.807, 2.05) is 18.5 Å². The van der Waals surface area contributed by atoms with Crippen molar-refractivity contribution in [2.45, 2.75) is 50.4 Å². The van der Waals surface area contributed by atoms with Crippen LogP contribution in [-0.2, 0) is 11.2 Å². The fourth-order valence-electron chi connectivity index (χ4n) is 6.67. The monoisotopic (exact) mass is 453 g/mol. The van der Waals surface area contributed by atoms with Crippen molar-refractivity contribution in [3.8, 4) is 5.75 Å². The van der Waals surface area contributed by atoms with Gasteiger partial charge in [-0.25, -0.2) is 9.97 Å². The van der Waals surface area contributed by atoms with Gasteiger partial charge in [0, 0.05) is 37.3 Å². The van der Waals surface area contributed by atoms with Gasteiger partial charge in [-0.15, -0.1) is 0 Å². The summed E-state index contributed by atoms with van der Waals surface area (Å²) in [7, 11) is 0. The first-order valence-electron chi connectivity index (χ1n) is 12.5. The molecule has 3 aliphatic rings. The van der Waals surface area contributed by atoms with Crippen molar-refractivity contribution in [3.05, 3.63) is 83.2 Å². The van der Waals surface area contributed by atoms with Gasteiger partial charge in [0.2, 0.25) is 5.95 Å². The average molecular weight is 454 g/mol. The lowest BCUT2D eigenvalue weighted by molar-refractivity contribution is -0.118. The van der Waals surface area contributed by atoms with E-state index in [0.29, 0.717) is 17.1 Å². The lowest BCUT2D eigenvalue weighted by Crippen LogP contribution is -2.47. The molecule has 1 spiro atoms. The third-order valence-electron chi connectivity index (χ3n) is 8.52. The number of benzene rings is 2. The maximum Gasteiger partial charge on any atom is 0.225 e. The number of piperidine rings is 1. The largest absolute Gasteiger partial charge is 0.508 e. The number of carbonyl (C=O) groups excluding carboxylic acids is 1. The van der Waals surface area contributed by atoms with Gasteiger partial charge in [-0.3, -0.25) is 0 Å². The SMILES string of the molecule is O=CC1CC2(CCN(c3ncc([C@@H]4c5ccc(O)cc5CC[C@@H]4c4ccccc4)cn3)CC2)C1. The first-order chi connectivity index (χ1) is 16.6. The Morgan fingerprint density at radius 2 is 1.71 bits per heavy atom. The van der Waals surface area contributed by atoms with Crippen LogP contribution in [0.5, 0.6) is 5.75 Å². The predicted molar refractivity (Wildman–Crippen MR) is 132 cm³/mol. The molecular formula is C29H31N3O2. The second-order valence-electron chi connectivity index (χ2n) is 10.5. The van der Waals surface area contributed by atoms with E-state index in [0.717, 1.165) is 69.4 Å². The molecule has 5 heteroatoms. The van der Waals surface area contributed by atoms with Gasteiger partial charge in [0.15, 0.2) is 0 Å². The molecule has 1 aliphatic heterocycles. The van der Waals surface area contributed by atoms with E-state index in [9.17, 15) is 9.90 Å². The van der Waals surface area contributed by atoms with Crippen molar-refractivity contribution >= 4 is 12.2 Å². The Morgan fingerprint density at radius 1 is 0.971 bits per heavy atom. The summed E-state index contributed by atoms with van der Waals surface area (Å²) in [6.07, 6.45) is 11.5. The number of phenolic OH excluding ortho intramolecular Hbond substituents is 1. The Bertz CT molecular complexity index is 1160. The van der Waals surface area contributed by atoms with Gasteiger partial charge in [-0.2, -0.15) is 0 Å². The molecule has 1 aromatic heterocycles. The van der Waals surface area contributed by atoms with E-state index in [-0.39, 0.29) is 11.8 Å². The molecular weight excluding hydrogens is 422 g/mol. The number of nitrogens with zero attached hydrogens (tertiary/aromatic N) is 3. The van der Waals surface area contributed by atoms with Crippen LogP contribution in [0.3, 0.4) is 0 Å². The highest BCUT2D eigenvalue weighted by atomic mass is 16.3. The van der Waals surface area contributed by atoms with Crippen LogP contribution in [0.2, 0.25) is 0 Å². The molecule has 34 heavy (non-hydrogen) atoms. The molecule has 1 saturated carbocycles. The molecule has 0 amide bonds. The van der Waals surface area contributed by atoms with Crippen molar-refractivity contribution < 1.29 is 9.90 Å². The summed E-state index contributed by atoms with van der Waals surface area (Å²) in [5.41, 5.74) is 5.33. The van der Waals surface area contributed by atoms with Gasteiger partial charge in [0.25, 0.3) is 0 Å². The normalized spacial score (nSPS) is 23.8. The molecule has 174 valence electrons. The minimum atomic E-state index is 0.167. The zero-order valence-corrected chi connectivity index (χ0v) is 19.4. The predicted octanol–water partition coefficient (Wildman–Crippen LogP) is 5.24. The van der Waals surface area contributed by atoms with E-state index in [2.05, 4.69) is 41.3 Å². The highest BCUT2D eigenvalue weighted by Gasteiger charge is 2.45.